The lowest BCUT2D eigenvalue weighted by molar-refractivity contribution is 0.116. The molecule has 0 spiro atoms. The highest BCUT2D eigenvalue weighted by molar-refractivity contribution is 7.22. The molecule has 0 unspecified atom stereocenters. The Hall–Kier alpha value is -4.73. The molecule has 4 atom stereocenters. The fourth-order valence-electron chi connectivity index (χ4n) is 6.21. The molecular formula is C43H47ClN6O4S2Si. The molecule has 6 aromatic rings. The van der Waals surface area contributed by atoms with Crippen molar-refractivity contribution in [1.82, 2.24) is 19.9 Å². The third-order valence-electron chi connectivity index (χ3n) is 9.28. The summed E-state index contributed by atoms with van der Waals surface area (Å²) in [6.07, 6.45) is 21.3. The van der Waals surface area contributed by atoms with E-state index in [2.05, 4.69) is 61.7 Å². The Morgan fingerprint density at radius 1 is 0.684 bits per heavy atom. The highest BCUT2D eigenvalue weighted by atomic mass is 35.5. The molecule has 0 bridgehead atoms. The number of aliphatic hydroxyl groups excluding tert-OH is 2. The molecule has 4 N–H and O–H groups in total. The lowest BCUT2D eigenvalue weighted by Crippen LogP contribution is -2.36. The molecule has 4 heterocycles. The lowest BCUT2D eigenvalue weighted by Gasteiger charge is -2.27. The van der Waals surface area contributed by atoms with Gasteiger partial charge >= 0.3 is 0 Å². The number of aliphatic hydroxyl groups is 2. The van der Waals surface area contributed by atoms with Gasteiger partial charge in [-0.05, 0) is 62.1 Å². The first kappa shape index (κ1) is 41.9. The van der Waals surface area contributed by atoms with Gasteiger partial charge in [0.2, 0.25) is 0 Å². The van der Waals surface area contributed by atoms with Crippen LogP contribution in [0.3, 0.4) is 0 Å². The van der Waals surface area contributed by atoms with Crippen molar-refractivity contribution in [2.75, 3.05) is 10.6 Å². The summed E-state index contributed by atoms with van der Waals surface area (Å²) in [5, 5.41) is 29.1. The third kappa shape index (κ3) is 12.4. The number of thiazole rings is 2. The molecule has 0 aliphatic heterocycles. The van der Waals surface area contributed by atoms with Gasteiger partial charge in [0.25, 0.3) is 0 Å². The van der Waals surface area contributed by atoms with Gasteiger partial charge in [0.1, 0.15) is 41.9 Å². The molecule has 4 aromatic heterocycles. The molecule has 296 valence electrons. The van der Waals surface area contributed by atoms with Crippen LogP contribution < -0.4 is 20.1 Å². The Kier molecular flexibility index (Phi) is 14.4. The molecule has 0 saturated heterocycles. The van der Waals surface area contributed by atoms with Crippen LogP contribution >= 0.6 is 34.3 Å². The van der Waals surface area contributed by atoms with E-state index in [9.17, 15) is 10.2 Å². The number of rotatable bonds is 8. The molecular weight excluding hydrogens is 792 g/mol. The molecule has 2 aliphatic carbocycles. The topological polar surface area (TPSA) is 135 Å². The van der Waals surface area contributed by atoms with Crippen molar-refractivity contribution < 1.29 is 19.7 Å². The minimum absolute atomic E-state index is 0.0824. The highest BCUT2D eigenvalue weighted by Gasteiger charge is 2.25. The second kappa shape index (κ2) is 19.6. The summed E-state index contributed by atoms with van der Waals surface area (Å²) < 4.78 is 13.8. The van der Waals surface area contributed by atoms with Crippen LogP contribution in [0.5, 0.6) is 23.0 Å². The average molecular weight is 840 g/mol. The van der Waals surface area contributed by atoms with E-state index in [1.165, 1.54) is 0 Å². The van der Waals surface area contributed by atoms with Gasteiger partial charge in [0.05, 0.1) is 44.7 Å². The number of hydrogen-bond donors (Lipinski definition) is 4. The molecule has 8 rings (SSSR count). The lowest BCUT2D eigenvalue weighted by atomic mass is 9.93. The summed E-state index contributed by atoms with van der Waals surface area (Å²) in [7, 11) is -1.10. The first-order valence-corrected chi connectivity index (χ1v) is 24.5. The van der Waals surface area contributed by atoms with Crippen molar-refractivity contribution in [3.8, 4) is 47.3 Å². The molecule has 2 aliphatic rings. The number of benzene rings is 2. The van der Waals surface area contributed by atoms with Crippen LogP contribution in [0, 0.1) is 24.3 Å². The zero-order valence-electron chi connectivity index (χ0n) is 32.2. The zero-order valence-corrected chi connectivity index (χ0v) is 35.6. The maximum Gasteiger partial charge on any atom is 0.184 e. The van der Waals surface area contributed by atoms with E-state index in [-0.39, 0.29) is 24.3 Å². The summed E-state index contributed by atoms with van der Waals surface area (Å²) in [5.41, 5.74) is 5.11. The Bertz CT molecular complexity index is 2350. The fraction of sp³-hybridized carbons (Fsp3) is 0.349. The monoisotopic (exact) mass is 838 g/mol. The van der Waals surface area contributed by atoms with Gasteiger partial charge < -0.3 is 30.3 Å². The van der Waals surface area contributed by atoms with Crippen molar-refractivity contribution >= 4 is 73.0 Å². The van der Waals surface area contributed by atoms with Crippen LogP contribution in [0.2, 0.25) is 24.8 Å². The van der Waals surface area contributed by atoms with Crippen LogP contribution in [-0.2, 0) is 0 Å². The van der Waals surface area contributed by atoms with Crippen molar-refractivity contribution in [3.63, 3.8) is 0 Å². The standard InChI is InChI=1S/C20H19N3O2S.C18H18ClN3O2S.C5H10Si/c1-2-13-11-15(9-10-21-13)25-14-7-8-17-19(12-14)26-20(23-17)22-16-5-3-4-6-18(16)24;19-17-10-12(7-8-20-17)24-11-5-6-14-16(9-11)25-18(22-14)21-13-3-1-2-4-15(13)23;1-5-6(2,3)4/h1,7-12,16,18,24H,3-6H2,(H,22,23);5-10,13,15,23H,1-4H2,(H,21,22);1H,2-4H3/t16-,18-;13-,15-;/m11./s1. The smallest absolute Gasteiger partial charge is 0.184 e. The Labute approximate surface area is 348 Å². The van der Waals surface area contributed by atoms with Crippen LogP contribution in [0.25, 0.3) is 20.4 Å². The summed E-state index contributed by atoms with van der Waals surface area (Å²) in [5.74, 6) is 5.25. The molecule has 2 fully saturated rings. The highest BCUT2D eigenvalue weighted by Crippen LogP contribution is 2.35. The quantitative estimate of drug-likeness (QED) is 0.0667. The van der Waals surface area contributed by atoms with E-state index < -0.39 is 8.07 Å². The number of hydrogen-bond acceptors (Lipinski definition) is 12. The van der Waals surface area contributed by atoms with Crippen molar-refractivity contribution in [2.24, 2.45) is 0 Å². The first-order chi connectivity index (χ1) is 27.4. The van der Waals surface area contributed by atoms with Gasteiger partial charge in [-0.1, -0.05) is 85.5 Å². The van der Waals surface area contributed by atoms with Gasteiger partial charge in [0.15, 0.2) is 10.3 Å². The fourth-order valence-corrected chi connectivity index (χ4v) is 8.29. The van der Waals surface area contributed by atoms with E-state index in [4.69, 9.17) is 33.9 Å². The number of anilines is 2. The molecule has 2 aromatic carbocycles. The van der Waals surface area contributed by atoms with E-state index in [0.717, 1.165) is 93.6 Å². The van der Waals surface area contributed by atoms with Crippen LogP contribution in [-0.4, -0.2) is 62.5 Å². The number of aromatic nitrogens is 4. The van der Waals surface area contributed by atoms with Crippen molar-refractivity contribution in [3.05, 3.63) is 83.9 Å². The number of pyridine rings is 2. The Balaban J connectivity index is 0.000000169. The second-order valence-corrected chi connectivity index (χ2v) is 22.2. The van der Waals surface area contributed by atoms with Gasteiger partial charge in [-0.15, -0.1) is 18.4 Å². The van der Waals surface area contributed by atoms with Gasteiger partial charge in [-0.3, -0.25) is 0 Å². The molecule has 14 heteroatoms. The molecule has 2 saturated carbocycles. The third-order valence-corrected chi connectivity index (χ3v) is 12.2. The molecule has 0 radical (unpaired) electrons. The van der Waals surface area contributed by atoms with E-state index >= 15 is 0 Å². The zero-order chi connectivity index (χ0) is 40.4. The van der Waals surface area contributed by atoms with Crippen molar-refractivity contribution in [1.29, 1.82) is 0 Å². The summed E-state index contributed by atoms with van der Waals surface area (Å²) in [4.78, 5) is 17.2. The molecule has 0 amide bonds. The van der Waals surface area contributed by atoms with Crippen LogP contribution in [0.15, 0.2) is 73.1 Å². The van der Waals surface area contributed by atoms with Crippen LogP contribution in [0.1, 0.15) is 57.1 Å². The molecule has 10 nitrogen and oxygen atoms in total. The summed E-state index contributed by atoms with van der Waals surface area (Å²) in [6.45, 7) is 6.44. The number of terminal acetylenes is 2. The number of fused-ring (bicyclic) bond motifs is 2. The predicted molar refractivity (Wildman–Crippen MR) is 237 cm³/mol. The molecule has 57 heavy (non-hydrogen) atoms. The number of nitrogens with zero attached hydrogens (tertiary/aromatic N) is 4. The number of ether oxygens (including phenoxy) is 2. The first-order valence-electron chi connectivity index (χ1n) is 19.0. The van der Waals surface area contributed by atoms with Gasteiger partial charge in [0, 0.05) is 36.7 Å². The Morgan fingerprint density at radius 2 is 1.14 bits per heavy atom. The van der Waals surface area contributed by atoms with Crippen molar-refractivity contribution in [2.45, 2.75) is 95.3 Å². The number of nitrogens with one attached hydrogen (secondary N) is 2. The Morgan fingerprint density at radius 3 is 1.60 bits per heavy atom. The van der Waals surface area contributed by atoms with E-state index in [1.54, 1.807) is 59.3 Å². The second-order valence-electron chi connectivity index (χ2n) is 14.9. The van der Waals surface area contributed by atoms with Gasteiger partial charge in [-0.25, -0.2) is 19.9 Å². The van der Waals surface area contributed by atoms with E-state index in [0.29, 0.717) is 22.3 Å². The number of halogens is 1. The normalized spacial score (nSPS) is 19.2. The van der Waals surface area contributed by atoms with Gasteiger partial charge in [-0.2, -0.15) is 0 Å². The SMILES string of the molecule is C#C[Si](C)(C)C.C#Cc1cc(Oc2ccc3nc(N[C@@H]4CCCC[C@H]4O)sc3c2)ccn1.O[C@@H]1CCCC[C@H]1Nc1nc2ccc(Oc3ccnc(Cl)c3)cc2s1. The minimum atomic E-state index is -1.10. The summed E-state index contributed by atoms with van der Waals surface area (Å²) >= 11 is 9.02. The minimum Gasteiger partial charge on any atom is -0.457 e. The van der Waals surface area contributed by atoms with Crippen LogP contribution in [0.4, 0.5) is 10.3 Å². The van der Waals surface area contributed by atoms with E-state index in [1.807, 2.05) is 36.4 Å². The maximum absolute atomic E-state index is 10.1. The largest absolute Gasteiger partial charge is 0.457 e. The predicted octanol–water partition coefficient (Wildman–Crippen LogP) is 10.5. The summed E-state index contributed by atoms with van der Waals surface area (Å²) in [6, 6.07) is 18.7. The maximum atomic E-state index is 10.1. The average Bonchev–Trinajstić information content (AvgIpc) is 3.79.